The van der Waals surface area contributed by atoms with Crippen LogP contribution in [0.3, 0.4) is 0 Å². The minimum Gasteiger partial charge on any atom is -0.478 e. The third kappa shape index (κ3) is 1.76. The van der Waals surface area contributed by atoms with Gasteiger partial charge in [0.05, 0.1) is 11.0 Å². The summed E-state index contributed by atoms with van der Waals surface area (Å²) >= 11 is 0. The zero-order valence-electron chi connectivity index (χ0n) is 12.4. The van der Waals surface area contributed by atoms with Gasteiger partial charge in [0.25, 0.3) is 0 Å². The van der Waals surface area contributed by atoms with Crippen LogP contribution in [0.1, 0.15) is 33.8 Å². The third-order valence-electron chi connectivity index (χ3n) is 5.00. The van der Waals surface area contributed by atoms with Crippen LogP contribution in [0, 0.1) is 5.82 Å². The van der Waals surface area contributed by atoms with E-state index in [4.69, 9.17) is 0 Å². The molecule has 1 aliphatic carbocycles. The normalized spacial score (nSPS) is 24.9. The molecule has 1 amide bonds. The molecule has 5 heteroatoms. The van der Waals surface area contributed by atoms with Gasteiger partial charge in [-0.15, -0.1) is 0 Å². The molecule has 4 rings (SSSR count). The van der Waals surface area contributed by atoms with Gasteiger partial charge in [0.2, 0.25) is 5.91 Å². The number of aromatic carboxylic acids is 1. The lowest BCUT2D eigenvalue weighted by Crippen LogP contribution is -2.29. The number of hydrogen-bond acceptors (Lipinski definition) is 2. The van der Waals surface area contributed by atoms with Gasteiger partial charge in [-0.1, -0.05) is 12.1 Å². The number of rotatable bonds is 2. The number of nitrogens with zero attached hydrogens (tertiary/aromatic N) is 1. The first kappa shape index (κ1) is 13.9. The molecule has 2 aromatic carbocycles. The fourth-order valence-corrected chi connectivity index (χ4v) is 3.74. The standard InChI is InChI=1S/C18H14FNO3/c1-20-15-7-4-11(16(21)22)8-13(15)18(17(20)23)9-14(18)10-2-5-12(19)6-3-10/h2-8,14H,9H2,1H3,(H,21,22)/t14-,18-/m0/s1. The molecule has 2 aromatic rings. The van der Waals surface area contributed by atoms with E-state index in [1.54, 1.807) is 36.2 Å². The highest BCUT2D eigenvalue weighted by molar-refractivity contribution is 6.11. The highest BCUT2D eigenvalue weighted by Crippen LogP contribution is 2.66. The smallest absolute Gasteiger partial charge is 0.335 e. The number of anilines is 1. The first-order valence-corrected chi connectivity index (χ1v) is 7.36. The Hall–Kier alpha value is -2.69. The average molecular weight is 311 g/mol. The second-order valence-corrected chi connectivity index (χ2v) is 6.18. The quantitative estimate of drug-likeness (QED) is 0.927. The van der Waals surface area contributed by atoms with Gasteiger partial charge in [0.1, 0.15) is 5.82 Å². The van der Waals surface area contributed by atoms with E-state index in [-0.39, 0.29) is 23.2 Å². The predicted octanol–water partition coefficient (Wildman–Crippen LogP) is 2.93. The summed E-state index contributed by atoms with van der Waals surface area (Å²) in [7, 11) is 1.70. The van der Waals surface area contributed by atoms with Gasteiger partial charge in [-0.25, -0.2) is 9.18 Å². The second kappa shape index (κ2) is 4.41. The summed E-state index contributed by atoms with van der Waals surface area (Å²) in [6, 6.07) is 11.0. The van der Waals surface area contributed by atoms with Crippen molar-refractivity contribution in [1.82, 2.24) is 0 Å². The van der Waals surface area contributed by atoms with Crippen LogP contribution in [0.4, 0.5) is 10.1 Å². The van der Waals surface area contributed by atoms with Gasteiger partial charge in [-0.05, 0) is 47.9 Å². The summed E-state index contributed by atoms with van der Waals surface area (Å²) in [5.41, 5.74) is 1.90. The number of carbonyl (C=O) groups is 2. The Kier molecular flexibility index (Phi) is 2.67. The van der Waals surface area contributed by atoms with Gasteiger partial charge in [-0.2, -0.15) is 0 Å². The van der Waals surface area contributed by atoms with E-state index in [1.807, 2.05) is 0 Å². The number of hydrogen-bond donors (Lipinski definition) is 1. The molecule has 2 aliphatic rings. The van der Waals surface area contributed by atoms with Crippen molar-refractivity contribution in [1.29, 1.82) is 0 Å². The maximum Gasteiger partial charge on any atom is 0.335 e. The van der Waals surface area contributed by atoms with Crippen molar-refractivity contribution in [2.75, 3.05) is 11.9 Å². The summed E-state index contributed by atoms with van der Waals surface area (Å²) in [6.45, 7) is 0. The topological polar surface area (TPSA) is 57.6 Å². The van der Waals surface area contributed by atoms with Crippen LogP contribution in [0.25, 0.3) is 0 Å². The minimum absolute atomic E-state index is 0.0237. The predicted molar refractivity (Wildman–Crippen MR) is 82.2 cm³/mol. The fraction of sp³-hybridized carbons (Fsp3) is 0.222. The van der Waals surface area contributed by atoms with Crippen molar-refractivity contribution in [3.63, 3.8) is 0 Å². The molecule has 116 valence electrons. The number of carbonyl (C=O) groups excluding carboxylic acids is 1. The number of likely N-dealkylation sites (N-methyl/N-ethyl adjacent to an activating group) is 1. The number of carboxylic acid groups (broad SMARTS) is 1. The van der Waals surface area contributed by atoms with Crippen LogP contribution in [-0.2, 0) is 10.2 Å². The van der Waals surface area contributed by atoms with Crippen molar-refractivity contribution >= 4 is 17.6 Å². The van der Waals surface area contributed by atoms with Gasteiger partial charge >= 0.3 is 5.97 Å². The summed E-state index contributed by atoms with van der Waals surface area (Å²) in [5.74, 6) is -1.39. The van der Waals surface area contributed by atoms with Crippen molar-refractivity contribution in [3.05, 3.63) is 65.0 Å². The van der Waals surface area contributed by atoms with E-state index in [1.165, 1.54) is 18.2 Å². The maximum absolute atomic E-state index is 13.1. The Balaban J connectivity index is 1.82. The summed E-state index contributed by atoms with van der Waals surface area (Å²) < 4.78 is 13.1. The van der Waals surface area contributed by atoms with E-state index >= 15 is 0 Å². The van der Waals surface area contributed by atoms with Crippen molar-refractivity contribution in [3.8, 4) is 0 Å². The lowest BCUT2D eigenvalue weighted by Gasteiger charge is -2.11. The summed E-state index contributed by atoms with van der Waals surface area (Å²) in [4.78, 5) is 25.6. The number of halogens is 1. The molecule has 4 nitrogen and oxygen atoms in total. The van der Waals surface area contributed by atoms with Crippen LogP contribution >= 0.6 is 0 Å². The molecule has 0 aromatic heterocycles. The molecule has 1 saturated carbocycles. The van der Waals surface area contributed by atoms with E-state index in [9.17, 15) is 19.1 Å². The lowest BCUT2D eigenvalue weighted by molar-refractivity contribution is -0.120. The molecule has 1 aliphatic heterocycles. The van der Waals surface area contributed by atoms with Crippen LogP contribution in [0.5, 0.6) is 0 Å². The molecule has 23 heavy (non-hydrogen) atoms. The molecule has 1 heterocycles. The SMILES string of the molecule is CN1C(=O)[C@@]2(C[C@H]2c2ccc(F)cc2)c2cc(C(=O)O)ccc21. The molecule has 1 N–H and O–H groups in total. The van der Waals surface area contributed by atoms with Crippen LogP contribution in [-0.4, -0.2) is 24.0 Å². The second-order valence-electron chi connectivity index (χ2n) is 6.18. The number of amides is 1. The Morgan fingerprint density at radius 3 is 2.61 bits per heavy atom. The van der Waals surface area contributed by atoms with E-state index in [0.717, 1.165) is 16.8 Å². The molecule has 0 bridgehead atoms. The fourth-order valence-electron chi connectivity index (χ4n) is 3.74. The molecule has 0 radical (unpaired) electrons. The minimum atomic E-state index is -1.01. The van der Waals surface area contributed by atoms with Gasteiger partial charge in [0.15, 0.2) is 0 Å². The van der Waals surface area contributed by atoms with E-state index < -0.39 is 11.4 Å². The number of carboxylic acids is 1. The Labute approximate surface area is 132 Å². The Morgan fingerprint density at radius 2 is 1.96 bits per heavy atom. The van der Waals surface area contributed by atoms with Gasteiger partial charge in [-0.3, -0.25) is 4.79 Å². The van der Waals surface area contributed by atoms with Crippen LogP contribution in [0.15, 0.2) is 42.5 Å². The zero-order valence-corrected chi connectivity index (χ0v) is 12.4. The van der Waals surface area contributed by atoms with Gasteiger partial charge in [0, 0.05) is 18.7 Å². The van der Waals surface area contributed by atoms with Crippen LogP contribution in [0.2, 0.25) is 0 Å². The van der Waals surface area contributed by atoms with Crippen molar-refractivity contribution in [2.24, 2.45) is 0 Å². The van der Waals surface area contributed by atoms with Crippen LogP contribution < -0.4 is 4.90 Å². The summed E-state index contributed by atoms with van der Waals surface area (Å²) in [5, 5.41) is 9.21. The molecule has 1 fully saturated rings. The number of fused-ring (bicyclic) bond motifs is 2. The highest BCUT2D eigenvalue weighted by atomic mass is 19.1. The molecular formula is C18H14FNO3. The summed E-state index contributed by atoms with van der Waals surface area (Å²) in [6.07, 6.45) is 0.623. The van der Waals surface area contributed by atoms with E-state index in [0.29, 0.717) is 6.42 Å². The molecule has 1 spiro atoms. The largest absolute Gasteiger partial charge is 0.478 e. The first-order chi connectivity index (χ1) is 10.9. The molecule has 0 unspecified atom stereocenters. The van der Waals surface area contributed by atoms with E-state index in [2.05, 4.69) is 0 Å². The molecule has 2 atom stereocenters. The van der Waals surface area contributed by atoms with Gasteiger partial charge < -0.3 is 10.0 Å². The van der Waals surface area contributed by atoms with Crippen molar-refractivity contribution in [2.45, 2.75) is 17.8 Å². The maximum atomic E-state index is 13.1. The average Bonchev–Trinajstić information content (AvgIpc) is 3.26. The Morgan fingerprint density at radius 1 is 1.26 bits per heavy atom. The Bertz CT molecular complexity index is 846. The molecular weight excluding hydrogens is 297 g/mol. The van der Waals surface area contributed by atoms with Crippen molar-refractivity contribution < 1.29 is 19.1 Å². The monoisotopic (exact) mass is 311 g/mol. The first-order valence-electron chi connectivity index (χ1n) is 7.36. The lowest BCUT2D eigenvalue weighted by atomic mass is 9.91. The highest BCUT2D eigenvalue weighted by Gasteiger charge is 2.66. The zero-order chi connectivity index (χ0) is 16.4. The molecule has 0 saturated heterocycles. The third-order valence-corrected chi connectivity index (χ3v) is 5.00. The number of benzene rings is 2.